The molecule has 0 unspecified atom stereocenters. The lowest BCUT2D eigenvalue weighted by Crippen LogP contribution is -2.02. The van der Waals surface area contributed by atoms with Gasteiger partial charge in [0.25, 0.3) is 0 Å². The Hall–Kier alpha value is -1.07. The first-order valence-electron chi connectivity index (χ1n) is 4.93. The van der Waals surface area contributed by atoms with Crippen LogP contribution in [0.4, 0.5) is 8.78 Å². The number of carbonyl (C=O) groups is 1. The SMILES string of the molecule is O=C(c1cc(F)cc(Br)c1)c1ccc(F)c(Br)c1. The molecule has 0 saturated carbocycles. The minimum absolute atomic E-state index is 0.198. The van der Waals surface area contributed by atoms with Gasteiger partial charge in [-0.2, -0.15) is 0 Å². The number of hydrogen-bond acceptors (Lipinski definition) is 1. The summed E-state index contributed by atoms with van der Waals surface area (Å²) in [5.74, 6) is -1.32. The summed E-state index contributed by atoms with van der Waals surface area (Å²) in [6, 6.07) is 7.84. The van der Waals surface area contributed by atoms with Gasteiger partial charge in [0, 0.05) is 15.6 Å². The molecule has 0 bridgehead atoms. The fourth-order valence-corrected chi connectivity index (χ4v) is 2.33. The van der Waals surface area contributed by atoms with Gasteiger partial charge in [-0.15, -0.1) is 0 Å². The van der Waals surface area contributed by atoms with Gasteiger partial charge in [0.1, 0.15) is 11.6 Å². The molecule has 5 heteroatoms. The van der Waals surface area contributed by atoms with Crippen molar-refractivity contribution in [1.29, 1.82) is 0 Å². The molecule has 0 fully saturated rings. The van der Waals surface area contributed by atoms with Gasteiger partial charge in [0.2, 0.25) is 0 Å². The topological polar surface area (TPSA) is 17.1 Å². The van der Waals surface area contributed by atoms with Crippen LogP contribution in [0.15, 0.2) is 45.3 Å². The standard InChI is InChI=1S/C13H6Br2F2O/c14-9-3-8(4-10(16)6-9)13(18)7-1-2-12(17)11(15)5-7/h1-6H. The van der Waals surface area contributed by atoms with Crippen molar-refractivity contribution in [3.05, 3.63) is 68.1 Å². The van der Waals surface area contributed by atoms with Gasteiger partial charge in [-0.1, -0.05) is 15.9 Å². The summed E-state index contributed by atoms with van der Waals surface area (Å²) in [6.45, 7) is 0. The number of rotatable bonds is 2. The van der Waals surface area contributed by atoms with Crippen molar-refractivity contribution in [2.75, 3.05) is 0 Å². The Kier molecular flexibility index (Phi) is 3.92. The van der Waals surface area contributed by atoms with E-state index in [0.29, 0.717) is 10.0 Å². The molecule has 0 amide bonds. The van der Waals surface area contributed by atoms with Crippen LogP contribution in [-0.2, 0) is 0 Å². The van der Waals surface area contributed by atoms with Gasteiger partial charge in [-0.25, -0.2) is 8.78 Å². The van der Waals surface area contributed by atoms with E-state index in [-0.39, 0.29) is 15.8 Å². The van der Waals surface area contributed by atoms with E-state index in [9.17, 15) is 13.6 Å². The van der Waals surface area contributed by atoms with Crippen molar-refractivity contribution in [2.24, 2.45) is 0 Å². The largest absolute Gasteiger partial charge is 0.289 e. The molecule has 1 nitrogen and oxygen atoms in total. The molecule has 0 radical (unpaired) electrons. The predicted molar refractivity (Wildman–Crippen MR) is 71.6 cm³/mol. The molecule has 0 atom stereocenters. The van der Waals surface area contributed by atoms with Crippen LogP contribution in [0.25, 0.3) is 0 Å². The second-order valence-corrected chi connectivity index (χ2v) is 5.39. The van der Waals surface area contributed by atoms with E-state index in [0.717, 1.165) is 6.07 Å². The van der Waals surface area contributed by atoms with Gasteiger partial charge in [-0.05, 0) is 52.3 Å². The summed E-state index contributed by atoms with van der Waals surface area (Å²) in [5.41, 5.74) is 0.501. The van der Waals surface area contributed by atoms with Gasteiger partial charge < -0.3 is 0 Å². The third-order valence-electron chi connectivity index (χ3n) is 2.31. The van der Waals surface area contributed by atoms with Crippen LogP contribution in [0, 0.1) is 11.6 Å². The fraction of sp³-hybridized carbons (Fsp3) is 0. The van der Waals surface area contributed by atoms with E-state index in [1.54, 1.807) is 0 Å². The summed E-state index contributed by atoms with van der Waals surface area (Å²) < 4.78 is 26.9. The summed E-state index contributed by atoms with van der Waals surface area (Å²) in [4.78, 5) is 12.1. The number of benzene rings is 2. The van der Waals surface area contributed by atoms with E-state index in [1.807, 2.05) is 0 Å². The lowest BCUT2D eigenvalue weighted by Gasteiger charge is -2.03. The van der Waals surface area contributed by atoms with Crippen LogP contribution in [0.3, 0.4) is 0 Å². The van der Waals surface area contributed by atoms with Crippen LogP contribution in [0.5, 0.6) is 0 Å². The Balaban J connectivity index is 2.44. The van der Waals surface area contributed by atoms with Crippen LogP contribution in [-0.4, -0.2) is 5.78 Å². The highest BCUT2D eigenvalue weighted by atomic mass is 79.9. The van der Waals surface area contributed by atoms with Gasteiger partial charge in [0.15, 0.2) is 5.78 Å². The van der Waals surface area contributed by atoms with E-state index in [4.69, 9.17) is 0 Å². The highest BCUT2D eigenvalue weighted by molar-refractivity contribution is 9.10. The molecular formula is C13H6Br2F2O. The van der Waals surface area contributed by atoms with E-state index < -0.39 is 11.6 Å². The molecule has 2 rings (SSSR count). The third-order valence-corrected chi connectivity index (χ3v) is 3.37. The molecule has 18 heavy (non-hydrogen) atoms. The minimum Gasteiger partial charge on any atom is -0.289 e. The first-order valence-corrected chi connectivity index (χ1v) is 6.52. The summed E-state index contributed by atoms with van der Waals surface area (Å²) >= 11 is 6.12. The zero-order chi connectivity index (χ0) is 13.3. The van der Waals surface area contributed by atoms with Gasteiger partial charge >= 0.3 is 0 Å². The maximum atomic E-state index is 13.2. The van der Waals surface area contributed by atoms with Crippen molar-refractivity contribution >= 4 is 37.6 Å². The Labute approximate surface area is 119 Å². The molecule has 0 heterocycles. The smallest absolute Gasteiger partial charge is 0.193 e. The van der Waals surface area contributed by atoms with Gasteiger partial charge in [0.05, 0.1) is 4.47 Å². The highest BCUT2D eigenvalue weighted by Gasteiger charge is 2.12. The molecule has 0 aliphatic rings. The number of hydrogen-bond donors (Lipinski definition) is 0. The molecule has 0 aliphatic carbocycles. The number of ketones is 1. The second-order valence-electron chi connectivity index (χ2n) is 3.62. The summed E-state index contributed by atoms with van der Waals surface area (Å²) in [6.07, 6.45) is 0. The predicted octanol–water partition coefficient (Wildman–Crippen LogP) is 4.72. The van der Waals surface area contributed by atoms with E-state index in [1.165, 1.54) is 30.3 Å². The zero-order valence-corrected chi connectivity index (χ0v) is 12.1. The lowest BCUT2D eigenvalue weighted by atomic mass is 10.0. The van der Waals surface area contributed by atoms with Crippen molar-refractivity contribution in [1.82, 2.24) is 0 Å². The molecule has 2 aromatic rings. The Morgan fingerprint density at radius 2 is 1.67 bits per heavy atom. The van der Waals surface area contributed by atoms with Crippen LogP contribution in [0.2, 0.25) is 0 Å². The molecule has 0 saturated heterocycles. The zero-order valence-electron chi connectivity index (χ0n) is 8.88. The second kappa shape index (κ2) is 5.28. The maximum absolute atomic E-state index is 13.2. The van der Waals surface area contributed by atoms with Crippen molar-refractivity contribution in [3.63, 3.8) is 0 Å². The summed E-state index contributed by atoms with van der Waals surface area (Å²) in [5, 5.41) is 0. The molecule has 0 aromatic heterocycles. The minimum atomic E-state index is -0.506. The average molecular weight is 376 g/mol. The Morgan fingerprint density at radius 3 is 2.28 bits per heavy atom. The lowest BCUT2D eigenvalue weighted by molar-refractivity contribution is 0.103. The maximum Gasteiger partial charge on any atom is 0.193 e. The fourth-order valence-electron chi connectivity index (χ4n) is 1.49. The first-order chi connectivity index (χ1) is 8.47. The molecule has 0 N–H and O–H groups in total. The van der Waals surface area contributed by atoms with Crippen molar-refractivity contribution < 1.29 is 13.6 Å². The van der Waals surface area contributed by atoms with Crippen molar-refractivity contribution in [3.8, 4) is 0 Å². The van der Waals surface area contributed by atoms with Crippen LogP contribution in [0.1, 0.15) is 15.9 Å². The average Bonchev–Trinajstić information content (AvgIpc) is 2.30. The molecular weight excluding hydrogens is 370 g/mol. The molecule has 0 spiro atoms. The highest BCUT2D eigenvalue weighted by Crippen LogP contribution is 2.21. The van der Waals surface area contributed by atoms with E-state index >= 15 is 0 Å². The number of halogens is 4. The Morgan fingerprint density at radius 1 is 0.944 bits per heavy atom. The normalized spacial score (nSPS) is 10.4. The molecule has 0 aliphatic heterocycles. The number of carbonyl (C=O) groups excluding carboxylic acids is 1. The van der Waals surface area contributed by atoms with Gasteiger partial charge in [-0.3, -0.25) is 4.79 Å². The monoisotopic (exact) mass is 374 g/mol. The first kappa shape index (κ1) is 13.4. The Bertz CT molecular complexity index is 606. The molecule has 2 aromatic carbocycles. The van der Waals surface area contributed by atoms with E-state index in [2.05, 4.69) is 31.9 Å². The molecule has 92 valence electrons. The summed E-state index contributed by atoms with van der Waals surface area (Å²) in [7, 11) is 0. The van der Waals surface area contributed by atoms with Crippen LogP contribution < -0.4 is 0 Å². The quantitative estimate of drug-likeness (QED) is 0.694. The third kappa shape index (κ3) is 2.84. The van der Waals surface area contributed by atoms with Crippen LogP contribution >= 0.6 is 31.9 Å². The van der Waals surface area contributed by atoms with Crippen molar-refractivity contribution in [2.45, 2.75) is 0 Å².